The van der Waals surface area contributed by atoms with Crippen LogP contribution in [0.5, 0.6) is 5.19 Å². The van der Waals surface area contributed by atoms with Gasteiger partial charge in [-0.25, -0.2) is 0 Å². The molecule has 0 unspecified atom stereocenters. The number of rotatable bonds is 1. The smallest absolute Gasteiger partial charge is 0.295 e. The van der Waals surface area contributed by atoms with Gasteiger partial charge in [0.25, 0.3) is 5.19 Å². The lowest BCUT2D eigenvalue weighted by molar-refractivity contribution is 0.333. The molecule has 0 fully saturated rings. The molecule has 4 nitrogen and oxygen atoms in total. The molecule has 0 aliphatic heterocycles. The Morgan fingerprint density at radius 1 is 1.75 bits per heavy atom. The first-order valence-electron chi connectivity index (χ1n) is 1.90. The Bertz CT molecular complexity index is 175. The van der Waals surface area contributed by atoms with Crippen LogP contribution in [0.3, 0.4) is 0 Å². The van der Waals surface area contributed by atoms with Crippen LogP contribution in [0.1, 0.15) is 0 Å². The summed E-state index contributed by atoms with van der Waals surface area (Å²) < 4.78 is 0. The van der Waals surface area contributed by atoms with Crippen LogP contribution in [0, 0.1) is 0 Å². The fourth-order valence-corrected chi connectivity index (χ4v) is 0.811. The number of thiazole rings is 1. The van der Waals surface area contributed by atoms with Gasteiger partial charge < -0.3 is 10.6 Å². The van der Waals surface area contributed by atoms with E-state index in [4.69, 9.17) is 11.6 Å². The van der Waals surface area contributed by atoms with Gasteiger partial charge in [-0.1, -0.05) is 11.3 Å². The van der Waals surface area contributed by atoms with E-state index in [1.54, 1.807) is 5.38 Å². The minimum Gasteiger partial charge on any atom is -0.383 e. The Balaban J connectivity index is 2.84. The molecule has 1 rings (SSSR count). The SMILES string of the molecule is NOc1nc(N)cs1. The maximum absolute atomic E-state index is 5.22. The number of nitrogens with two attached hydrogens (primary N) is 2. The van der Waals surface area contributed by atoms with Gasteiger partial charge >= 0.3 is 0 Å². The molecule has 0 atom stereocenters. The molecule has 1 aromatic heterocycles. The number of aromatic nitrogens is 1. The Kier molecular flexibility index (Phi) is 1.32. The predicted octanol–water partition coefficient (Wildman–Crippen LogP) is -0.0222. The van der Waals surface area contributed by atoms with Crippen molar-refractivity contribution >= 4 is 17.2 Å². The molecule has 4 N–H and O–H groups in total. The lowest BCUT2D eigenvalue weighted by Crippen LogP contribution is -2.00. The minimum absolute atomic E-state index is 0.391. The van der Waals surface area contributed by atoms with E-state index < -0.39 is 0 Å². The van der Waals surface area contributed by atoms with Crippen LogP contribution in [0.25, 0.3) is 0 Å². The number of hydrogen-bond acceptors (Lipinski definition) is 5. The zero-order valence-corrected chi connectivity index (χ0v) is 4.81. The average Bonchev–Trinajstić information content (AvgIpc) is 2.14. The minimum atomic E-state index is 0.391. The molecule has 8 heavy (non-hydrogen) atoms. The summed E-state index contributed by atoms with van der Waals surface area (Å²) in [6.07, 6.45) is 0. The molecule has 0 aliphatic rings. The van der Waals surface area contributed by atoms with Crippen molar-refractivity contribution in [1.82, 2.24) is 4.98 Å². The summed E-state index contributed by atoms with van der Waals surface area (Å²) in [5.41, 5.74) is 5.22. The van der Waals surface area contributed by atoms with Crippen LogP contribution in [-0.2, 0) is 0 Å². The largest absolute Gasteiger partial charge is 0.383 e. The summed E-state index contributed by atoms with van der Waals surface area (Å²) in [7, 11) is 0. The van der Waals surface area contributed by atoms with Crippen LogP contribution < -0.4 is 16.5 Å². The van der Waals surface area contributed by atoms with Gasteiger partial charge in [-0.05, 0) is 0 Å². The molecule has 0 saturated carbocycles. The third-order valence-corrected chi connectivity index (χ3v) is 1.35. The van der Waals surface area contributed by atoms with Gasteiger partial charge in [0, 0.05) is 5.38 Å². The van der Waals surface area contributed by atoms with Crippen LogP contribution in [0.2, 0.25) is 0 Å². The lowest BCUT2D eigenvalue weighted by atomic mass is 10.8. The lowest BCUT2D eigenvalue weighted by Gasteiger charge is -1.84. The summed E-state index contributed by atoms with van der Waals surface area (Å²) in [5, 5.41) is 2.05. The Morgan fingerprint density at radius 2 is 2.50 bits per heavy atom. The molecule has 1 aromatic rings. The van der Waals surface area contributed by atoms with Gasteiger partial charge in [-0.2, -0.15) is 10.9 Å². The normalized spacial score (nSPS) is 9.12. The van der Waals surface area contributed by atoms with E-state index in [9.17, 15) is 0 Å². The molecule has 0 amide bonds. The van der Waals surface area contributed by atoms with Crippen LogP contribution >= 0.6 is 11.3 Å². The molecule has 5 heteroatoms. The first-order chi connectivity index (χ1) is 3.83. The highest BCUT2D eigenvalue weighted by molar-refractivity contribution is 7.11. The second kappa shape index (κ2) is 1.97. The van der Waals surface area contributed by atoms with Crippen LogP contribution in [-0.4, -0.2) is 4.98 Å². The highest BCUT2D eigenvalue weighted by Gasteiger charge is 1.94. The summed E-state index contributed by atoms with van der Waals surface area (Å²) in [6.45, 7) is 0. The van der Waals surface area contributed by atoms with Crippen molar-refractivity contribution < 1.29 is 4.84 Å². The van der Waals surface area contributed by atoms with Crippen molar-refractivity contribution in [3.63, 3.8) is 0 Å². The fourth-order valence-electron chi connectivity index (χ4n) is 0.323. The van der Waals surface area contributed by atoms with E-state index in [1.807, 2.05) is 0 Å². The zero-order chi connectivity index (χ0) is 5.98. The van der Waals surface area contributed by atoms with Gasteiger partial charge in [0.05, 0.1) is 0 Å². The summed E-state index contributed by atoms with van der Waals surface area (Å²) in [6, 6.07) is 0. The van der Waals surface area contributed by atoms with Crippen molar-refractivity contribution in [1.29, 1.82) is 0 Å². The molecular weight excluding hydrogens is 126 g/mol. The topological polar surface area (TPSA) is 74.2 Å². The standard InChI is InChI=1S/C3H5N3OS/c4-2-1-8-3(6-2)7-5/h1H,4-5H2. The zero-order valence-electron chi connectivity index (χ0n) is 4.00. The van der Waals surface area contributed by atoms with Crippen molar-refractivity contribution in [2.75, 3.05) is 5.73 Å². The summed E-state index contributed by atoms with van der Waals surface area (Å²) in [5.74, 6) is 5.20. The number of nitrogen functional groups attached to an aromatic ring is 1. The van der Waals surface area contributed by atoms with E-state index in [-0.39, 0.29) is 0 Å². The second-order valence-electron chi connectivity index (χ2n) is 1.16. The second-order valence-corrected chi connectivity index (χ2v) is 1.98. The molecule has 0 spiro atoms. The van der Waals surface area contributed by atoms with Crippen molar-refractivity contribution in [3.05, 3.63) is 5.38 Å². The molecule has 0 saturated heterocycles. The first-order valence-corrected chi connectivity index (χ1v) is 2.78. The van der Waals surface area contributed by atoms with Gasteiger partial charge in [-0.15, -0.1) is 0 Å². The number of anilines is 1. The van der Waals surface area contributed by atoms with Crippen molar-refractivity contribution in [2.45, 2.75) is 0 Å². The van der Waals surface area contributed by atoms with Crippen LogP contribution in [0.15, 0.2) is 5.38 Å². The number of nitrogens with zero attached hydrogens (tertiary/aromatic N) is 1. The Morgan fingerprint density at radius 3 is 2.75 bits per heavy atom. The molecule has 0 bridgehead atoms. The molecule has 44 valence electrons. The third-order valence-electron chi connectivity index (χ3n) is 0.602. The monoisotopic (exact) mass is 131 g/mol. The molecule has 0 aliphatic carbocycles. The quantitative estimate of drug-likeness (QED) is 0.525. The molecular formula is C3H5N3OS. The van der Waals surface area contributed by atoms with Crippen molar-refractivity contribution in [3.8, 4) is 5.19 Å². The summed E-state index contributed by atoms with van der Waals surface area (Å²) in [4.78, 5) is 7.94. The van der Waals surface area contributed by atoms with E-state index in [0.29, 0.717) is 11.0 Å². The average molecular weight is 131 g/mol. The third kappa shape index (κ3) is 0.877. The van der Waals surface area contributed by atoms with Gasteiger partial charge in [0.2, 0.25) is 0 Å². The molecule has 1 heterocycles. The van der Waals surface area contributed by atoms with E-state index >= 15 is 0 Å². The maximum atomic E-state index is 5.22. The fraction of sp³-hybridized carbons (Fsp3) is 0. The van der Waals surface area contributed by atoms with Gasteiger partial charge in [-0.3, -0.25) is 0 Å². The molecule has 0 aromatic carbocycles. The highest BCUT2D eigenvalue weighted by atomic mass is 32.1. The van der Waals surface area contributed by atoms with E-state index in [2.05, 4.69) is 9.82 Å². The van der Waals surface area contributed by atoms with Gasteiger partial charge in [0.15, 0.2) is 0 Å². The Labute approximate surface area is 50.0 Å². The van der Waals surface area contributed by atoms with E-state index in [0.717, 1.165) is 0 Å². The first kappa shape index (κ1) is 5.33. The van der Waals surface area contributed by atoms with Gasteiger partial charge in [0.1, 0.15) is 5.82 Å². The number of hydrogen-bond donors (Lipinski definition) is 2. The Hall–Kier alpha value is -0.810. The van der Waals surface area contributed by atoms with E-state index in [1.165, 1.54) is 11.3 Å². The molecule has 0 radical (unpaired) electrons. The maximum Gasteiger partial charge on any atom is 0.295 e. The van der Waals surface area contributed by atoms with Crippen molar-refractivity contribution in [2.24, 2.45) is 5.90 Å². The predicted molar refractivity (Wildman–Crippen MR) is 31.3 cm³/mol. The highest BCUT2D eigenvalue weighted by Crippen LogP contribution is 2.16. The van der Waals surface area contributed by atoms with Crippen LogP contribution in [0.4, 0.5) is 5.82 Å². The summed E-state index contributed by atoms with van der Waals surface area (Å²) >= 11 is 1.27.